The molecule has 1 aliphatic heterocycles. The van der Waals surface area contributed by atoms with E-state index in [0.29, 0.717) is 23.6 Å². The number of halogens is 1. The number of likely N-dealkylation sites (tertiary alicyclic amines) is 1. The molecule has 19 heavy (non-hydrogen) atoms. The summed E-state index contributed by atoms with van der Waals surface area (Å²) in [6, 6.07) is 1.18. The largest absolute Gasteiger partial charge is 0.357 e. The molecular formula is C13H16ClN3O2. The molecule has 1 saturated heterocycles. The number of carbonyl (C=O) groups excluding carboxylic acids is 2. The van der Waals surface area contributed by atoms with E-state index in [1.165, 1.54) is 12.4 Å². The van der Waals surface area contributed by atoms with Crippen molar-refractivity contribution >= 4 is 23.4 Å². The summed E-state index contributed by atoms with van der Waals surface area (Å²) >= 11 is 5.99. The molecule has 2 rings (SSSR count). The molecule has 102 valence electrons. The maximum absolute atomic E-state index is 12.5. The van der Waals surface area contributed by atoms with Crippen LogP contribution in [0.5, 0.6) is 0 Å². The van der Waals surface area contributed by atoms with Gasteiger partial charge in [-0.15, -0.1) is 0 Å². The topological polar surface area (TPSA) is 62.3 Å². The van der Waals surface area contributed by atoms with Gasteiger partial charge in [-0.2, -0.15) is 0 Å². The molecule has 1 atom stereocenters. The van der Waals surface area contributed by atoms with Crippen molar-refractivity contribution in [2.45, 2.75) is 25.3 Å². The molecule has 0 bridgehead atoms. The van der Waals surface area contributed by atoms with E-state index in [0.717, 1.165) is 12.8 Å². The highest BCUT2D eigenvalue weighted by atomic mass is 35.5. The maximum Gasteiger partial charge on any atom is 0.256 e. The van der Waals surface area contributed by atoms with Gasteiger partial charge in [0, 0.05) is 26.0 Å². The summed E-state index contributed by atoms with van der Waals surface area (Å²) in [6.07, 6.45) is 5.51. The van der Waals surface area contributed by atoms with E-state index in [9.17, 15) is 9.59 Å². The van der Waals surface area contributed by atoms with Crippen LogP contribution in [0, 0.1) is 0 Å². The number of amides is 2. The average Bonchev–Trinajstić information content (AvgIpc) is 2.46. The van der Waals surface area contributed by atoms with E-state index >= 15 is 0 Å². The van der Waals surface area contributed by atoms with Gasteiger partial charge in [-0.1, -0.05) is 11.6 Å². The molecule has 1 aromatic rings. The summed E-state index contributed by atoms with van der Waals surface area (Å²) in [5.74, 6) is -0.334. The molecule has 1 aromatic heterocycles. The van der Waals surface area contributed by atoms with E-state index < -0.39 is 6.04 Å². The Bertz CT molecular complexity index is 493. The van der Waals surface area contributed by atoms with Gasteiger partial charge in [-0.3, -0.25) is 14.6 Å². The summed E-state index contributed by atoms with van der Waals surface area (Å²) in [7, 11) is 1.58. The van der Waals surface area contributed by atoms with Gasteiger partial charge in [0.15, 0.2) is 0 Å². The van der Waals surface area contributed by atoms with Crippen molar-refractivity contribution in [2.75, 3.05) is 13.6 Å². The number of likely N-dealkylation sites (N-methyl/N-ethyl adjacent to an activating group) is 1. The van der Waals surface area contributed by atoms with E-state index in [1.807, 2.05) is 0 Å². The third-order valence-corrected chi connectivity index (χ3v) is 3.62. The number of aromatic nitrogens is 1. The van der Waals surface area contributed by atoms with Crippen LogP contribution >= 0.6 is 11.6 Å². The fraction of sp³-hybridized carbons (Fsp3) is 0.462. The SMILES string of the molecule is CNC(=O)C1CCCCN1C(=O)c1ccncc1Cl. The van der Waals surface area contributed by atoms with Gasteiger partial charge in [0.05, 0.1) is 10.6 Å². The Hall–Kier alpha value is -1.62. The molecule has 2 amide bonds. The van der Waals surface area contributed by atoms with Crippen LogP contribution in [0.2, 0.25) is 5.02 Å². The third kappa shape index (κ3) is 2.87. The van der Waals surface area contributed by atoms with Gasteiger partial charge in [0.2, 0.25) is 5.91 Å². The molecule has 2 heterocycles. The van der Waals surface area contributed by atoms with E-state index in [-0.39, 0.29) is 11.8 Å². The minimum atomic E-state index is -0.407. The van der Waals surface area contributed by atoms with Crippen LogP contribution in [-0.2, 0) is 4.79 Å². The lowest BCUT2D eigenvalue weighted by molar-refractivity contribution is -0.126. The second-order valence-corrected chi connectivity index (χ2v) is 4.89. The average molecular weight is 282 g/mol. The molecule has 1 fully saturated rings. The van der Waals surface area contributed by atoms with Gasteiger partial charge in [0.1, 0.15) is 6.04 Å². The van der Waals surface area contributed by atoms with Crippen molar-refractivity contribution in [3.63, 3.8) is 0 Å². The summed E-state index contributed by atoms with van der Waals surface area (Å²) in [6.45, 7) is 0.579. The summed E-state index contributed by atoms with van der Waals surface area (Å²) in [5.41, 5.74) is 0.396. The lowest BCUT2D eigenvalue weighted by Gasteiger charge is -2.34. The normalized spacial score (nSPS) is 19.1. The number of pyridine rings is 1. The molecule has 1 unspecified atom stereocenters. The first-order valence-electron chi connectivity index (χ1n) is 6.27. The fourth-order valence-corrected chi connectivity index (χ4v) is 2.52. The van der Waals surface area contributed by atoms with Crippen LogP contribution in [-0.4, -0.2) is 41.3 Å². The van der Waals surface area contributed by atoms with Crippen LogP contribution in [0.1, 0.15) is 29.6 Å². The number of hydrogen-bond donors (Lipinski definition) is 1. The first kappa shape index (κ1) is 13.8. The monoisotopic (exact) mass is 281 g/mol. The molecule has 6 heteroatoms. The van der Waals surface area contributed by atoms with E-state index in [2.05, 4.69) is 10.3 Å². The van der Waals surface area contributed by atoms with Crippen molar-refractivity contribution in [3.05, 3.63) is 29.0 Å². The van der Waals surface area contributed by atoms with Crippen LogP contribution in [0.4, 0.5) is 0 Å². The molecule has 0 radical (unpaired) electrons. The predicted octanol–water partition coefficient (Wildman–Crippen LogP) is 1.48. The lowest BCUT2D eigenvalue weighted by atomic mass is 10.0. The quantitative estimate of drug-likeness (QED) is 0.893. The zero-order valence-electron chi connectivity index (χ0n) is 10.7. The molecule has 0 spiro atoms. The summed E-state index contributed by atoms with van der Waals surface area (Å²) in [4.78, 5) is 29.8. The smallest absolute Gasteiger partial charge is 0.256 e. The lowest BCUT2D eigenvalue weighted by Crippen LogP contribution is -2.51. The van der Waals surface area contributed by atoms with Gasteiger partial charge in [0.25, 0.3) is 5.91 Å². The second-order valence-electron chi connectivity index (χ2n) is 4.48. The van der Waals surface area contributed by atoms with Crippen molar-refractivity contribution in [3.8, 4) is 0 Å². The summed E-state index contributed by atoms with van der Waals surface area (Å²) < 4.78 is 0. The van der Waals surface area contributed by atoms with E-state index in [1.54, 1.807) is 18.0 Å². The minimum absolute atomic E-state index is 0.127. The van der Waals surface area contributed by atoms with Crippen LogP contribution in [0.15, 0.2) is 18.5 Å². The second kappa shape index (κ2) is 6.02. The van der Waals surface area contributed by atoms with E-state index in [4.69, 9.17) is 11.6 Å². The predicted molar refractivity (Wildman–Crippen MR) is 72.0 cm³/mol. The Morgan fingerprint density at radius 3 is 2.95 bits per heavy atom. The minimum Gasteiger partial charge on any atom is -0.357 e. The Balaban J connectivity index is 2.25. The number of rotatable bonds is 2. The van der Waals surface area contributed by atoms with Crippen LogP contribution < -0.4 is 5.32 Å². The first-order valence-corrected chi connectivity index (χ1v) is 6.65. The number of piperidine rings is 1. The van der Waals surface area contributed by atoms with Gasteiger partial charge >= 0.3 is 0 Å². The van der Waals surface area contributed by atoms with Gasteiger partial charge in [-0.05, 0) is 25.3 Å². The number of nitrogens with one attached hydrogen (secondary N) is 1. The van der Waals surface area contributed by atoms with Gasteiger partial charge in [-0.25, -0.2) is 0 Å². The molecule has 5 nitrogen and oxygen atoms in total. The third-order valence-electron chi connectivity index (χ3n) is 3.32. The molecule has 0 saturated carbocycles. The highest BCUT2D eigenvalue weighted by Crippen LogP contribution is 2.22. The van der Waals surface area contributed by atoms with Crippen LogP contribution in [0.25, 0.3) is 0 Å². The van der Waals surface area contributed by atoms with Crippen LogP contribution in [0.3, 0.4) is 0 Å². The van der Waals surface area contributed by atoms with Crippen molar-refractivity contribution in [1.29, 1.82) is 0 Å². The number of nitrogens with zero attached hydrogens (tertiary/aromatic N) is 2. The zero-order chi connectivity index (χ0) is 13.8. The van der Waals surface area contributed by atoms with Gasteiger partial charge < -0.3 is 10.2 Å². The fourth-order valence-electron chi connectivity index (χ4n) is 2.32. The van der Waals surface area contributed by atoms with Crippen molar-refractivity contribution in [1.82, 2.24) is 15.2 Å². The standard InChI is InChI=1S/C13H16ClN3O2/c1-15-12(18)11-4-2-3-7-17(11)13(19)9-5-6-16-8-10(9)14/h5-6,8,11H,2-4,7H2,1H3,(H,15,18). The Labute approximate surface area is 117 Å². The number of carbonyl (C=O) groups is 2. The highest BCUT2D eigenvalue weighted by molar-refractivity contribution is 6.33. The Kier molecular flexibility index (Phi) is 4.37. The Morgan fingerprint density at radius 1 is 1.47 bits per heavy atom. The molecule has 0 aliphatic carbocycles. The first-order chi connectivity index (χ1) is 9.15. The highest BCUT2D eigenvalue weighted by Gasteiger charge is 2.32. The molecule has 1 N–H and O–H groups in total. The van der Waals surface area contributed by atoms with Crippen molar-refractivity contribution in [2.24, 2.45) is 0 Å². The molecule has 1 aliphatic rings. The number of hydrogen-bond acceptors (Lipinski definition) is 3. The summed E-state index contributed by atoms with van der Waals surface area (Å²) in [5, 5.41) is 2.92. The molecule has 0 aromatic carbocycles. The molecular weight excluding hydrogens is 266 g/mol. The van der Waals surface area contributed by atoms with Crippen molar-refractivity contribution < 1.29 is 9.59 Å². The maximum atomic E-state index is 12.5. The zero-order valence-corrected chi connectivity index (χ0v) is 11.5. The Morgan fingerprint density at radius 2 is 2.26 bits per heavy atom.